The number of likely N-dealkylation sites (tertiary alicyclic amines) is 1. The molecule has 1 aliphatic rings. The second kappa shape index (κ2) is 8.17. The molecule has 1 atom stereocenters. The first-order valence-electron chi connectivity index (χ1n) is 8.95. The molecular formula is C21H26N2O2. The third kappa shape index (κ3) is 4.60. The van der Waals surface area contributed by atoms with E-state index in [1.165, 1.54) is 11.1 Å². The van der Waals surface area contributed by atoms with Gasteiger partial charge in [-0.15, -0.1) is 0 Å². The fourth-order valence-corrected chi connectivity index (χ4v) is 3.37. The van der Waals surface area contributed by atoms with Crippen molar-refractivity contribution in [1.29, 1.82) is 0 Å². The molecule has 1 unspecified atom stereocenters. The summed E-state index contributed by atoms with van der Waals surface area (Å²) < 4.78 is 0. The molecule has 3 rings (SSSR count). The Labute approximate surface area is 149 Å². The summed E-state index contributed by atoms with van der Waals surface area (Å²) in [5.41, 5.74) is 4.11. The van der Waals surface area contributed by atoms with Crippen molar-refractivity contribution in [2.24, 2.45) is 5.92 Å². The van der Waals surface area contributed by atoms with Gasteiger partial charge >= 0.3 is 0 Å². The van der Waals surface area contributed by atoms with Crippen molar-refractivity contribution < 1.29 is 9.90 Å². The van der Waals surface area contributed by atoms with Crippen molar-refractivity contribution >= 4 is 11.6 Å². The zero-order valence-corrected chi connectivity index (χ0v) is 14.7. The summed E-state index contributed by atoms with van der Waals surface area (Å²) in [5, 5.41) is 12.8. The lowest BCUT2D eigenvalue weighted by atomic mass is 9.98. The summed E-state index contributed by atoms with van der Waals surface area (Å²) in [6.45, 7) is 4.39. The quantitative estimate of drug-likeness (QED) is 0.878. The van der Waals surface area contributed by atoms with Crippen LogP contribution in [-0.2, 0) is 6.54 Å². The number of anilines is 1. The Hall–Kier alpha value is -2.33. The van der Waals surface area contributed by atoms with Crippen LogP contribution in [0, 0.1) is 12.8 Å². The van der Waals surface area contributed by atoms with E-state index in [4.69, 9.17) is 0 Å². The Balaban J connectivity index is 1.65. The van der Waals surface area contributed by atoms with Gasteiger partial charge in [-0.05, 0) is 49.4 Å². The number of piperidine rings is 1. The Morgan fingerprint density at radius 2 is 2.08 bits per heavy atom. The van der Waals surface area contributed by atoms with E-state index in [9.17, 15) is 9.90 Å². The lowest BCUT2D eigenvalue weighted by molar-refractivity contribution is 0.0621. The molecule has 1 fully saturated rings. The highest BCUT2D eigenvalue weighted by Gasteiger charge is 2.24. The van der Waals surface area contributed by atoms with E-state index in [0.29, 0.717) is 12.1 Å². The molecule has 0 radical (unpaired) electrons. The van der Waals surface area contributed by atoms with E-state index in [2.05, 4.69) is 36.5 Å². The summed E-state index contributed by atoms with van der Waals surface area (Å²) in [7, 11) is 0. The molecule has 0 aliphatic carbocycles. The van der Waals surface area contributed by atoms with Crippen LogP contribution in [0.2, 0.25) is 0 Å². The second-order valence-electron chi connectivity index (χ2n) is 6.87. The van der Waals surface area contributed by atoms with E-state index in [1.807, 2.05) is 29.2 Å². The third-order valence-corrected chi connectivity index (χ3v) is 4.75. The molecule has 4 heteroatoms. The van der Waals surface area contributed by atoms with Crippen LogP contribution in [0.5, 0.6) is 0 Å². The summed E-state index contributed by atoms with van der Waals surface area (Å²) in [6.07, 6.45) is 1.96. The first kappa shape index (κ1) is 17.5. The molecule has 1 saturated heterocycles. The lowest BCUT2D eigenvalue weighted by Gasteiger charge is -2.32. The number of hydrogen-bond donors (Lipinski definition) is 2. The third-order valence-electron chi connectivity index (χ3n) is 4.75. The van der Waals surface area contributed by atoms with Crippen LogP contribution in [0.15, 0.2) is 48.5 Å². The molecule has 0 bridgehead atoms. The van der Waals surface area contributed by atoms with Crippen molar-refractivity contribution in [2.45, 2.75) is 26.3 Å². The van der Waals surface area contributed by atoms with Crippen molar-refractivity contribution in [1.82, 2.24) is 4.90 Å². The molecule has 1 amide bonds. The van der Waals surface area contributed by atoms with Gasteiger partial charge < -0.3 is 15.3 Å². The molecule has 2 aromatic carbocycles. The summed E-state index contributed by atoms with van der Waals surface area (Å²) in [6, 6.07) is 16.1. The van der Waals surface area contributed by atoms with Crippen LogP contribution < -0.4 is 5.32 Å². The zero-order chi connectivity index (χ0) is 17.6. The van der Waals surface area contributed by atoms with Crippen LogP contribution in [-0.4, -0.2) is 35.6 Å². The van der Waals surface area contributed by atoms with Gasteiger partial charge in [-0.2, -0.15) is 0 Å². The van der Waals surface area contributed by atoms with Crippen molar-refractivity contribution in [3.8, 4) is 0 Å². The number of benzene rings is 2. The number of carbonyl (C=O) groups excluding carboxylic acids is 1. The monoisotopic (exact) mass is 338 g/mol. The molecule has 1 heterocycles. The van der Waals surface area contributed by atoms with Crippen molar-refractivity contribution in [3.05, 3.63) is 65.2 Å². The Bertz CT molecular complexity index is 729. The molecule has 2 N–H and O–H groups in total. The van der Waals surface area contributed by atoms with E-state index in [1.54, 1.807) is 0 Å². The number of nitrogens with zero attached hydrogens (tertiary/aromatic N) is 1. The molecule has 4 nitrogen and oxygen atoms in total. The fraction of sp³-hybridized carbons (Fsp3) is 0.381. The number of amides is 1. The van der Waals surface area contributed by atoms with Crippen LogP contribution in [0.4, 0.5) is 5.69 Å². The molecule has 1 aliphatic heterocycles. The molecule has 25 heavy (non-hydrogen) atoms. The van der Waals surface area contributed by atoms with Gasteiger partial charge in [0.2, 0.25) is 0 Å². The highest BCUT2D eigenvalue weighted by molar-refractivity contribution is 5.95. The fourth-order valence-electron chi connectivity index (χ4n) is 3.37. The smallest absolute Gasteiger partial charge is 0.253 e. The van der Waals surface area contributed by atoms with Crippen LogP contribution in [0.25, 0.3) is 0 Å². The minimum absolute atomic E-state index is 0.0531. The predicted octanol–water partition coefficient (Wildman–Crippen LogP) is 3.45. The van der Waals surface area contributed by atoms with Crippen molar-refractivity contribution in [3.63, 3.8) is 0 Å². The van der Waals surface area contributed by atoms with Gasteiger partial charge in [0.05, 0.1) is 0 Å². The largest absolute Gasteiger partial charge is 0.396 e. The maximum atomic E-state index is 12.7. The van der Waals surface area contributed by atoms with Crippen LogP contribution in [0.1, 0.15) is 34.3 Å². The summed E-state index contributed by atoms with van der Waals surface area (Å²) >= 11 is 0. The zero-order valence-electron chi connectivity index (χ0n) is 14.7. The first-order chi connectivity index (χ1) is 12.2. The summed E-state index contributed by atoms with van der Waals surface area (Å²) in [5.74, 6) is 0.262. The SMILES string of the molecule is Cc1cccc(CNc2cccc(C(=O)N3CCCC(CO)C3)c2)c1. The van der Waals surface area contributed by atoms with Crippen molar-refractivity contribution in [2.75, 3.05) is 25.0 Å². The lowest BCUT2D eigenvalue weighted by Crippen LogP contribution is -2.40. The number of nitrogens with one attached hydrogen (secondary N) is 1. The average Bonchev–Trinajstić information content (AvgIpc) is 2.66. The van der Waals surface area contributed by atoms with E-state index < -0.39 is 0 Å². The minimum atomic E-state index is 0.0531. The predicted molar refractivity (Wildman–Crippen MR) is 101 cm³/mol. The van der Waals surface area contributed by atoms with Crippen LogP contribution >= 0.6 is 0 Å². The number of hydrogen-bond acceptors (Lipinski definition) is 3. The number of rotatable bonds is 5. The number of carbonyl (C=O) groups is 1. The van der Waals surface area contributed by atoms with Gasteiger partial charge in [0.25, 0.3) is 5.91 Å². The van der Waals surface area contributed by atoms with Crippen LogP contribution in [0.3, 0.4) is 0 Å². The maximum absolute atomic E-state index is 12.7. The number of aryl methyl sites for hydroxylation is 1. The van der Waals surface area contributed by atoms with Gasteiger partial charge in [0, 0.05) is 37.5 Å². The average molecular weight is 338 g/mol. The molecule has 2 aromatic rings. The molecule has 0 aromatic heterocycles. The van der Waals surface area contributed by atoms with Gasteiger partial charge in [-0.3, -0.25) is 4.79 Å². The highest BCUT2D eigenvalue weighted by atomic mass is 16.3. The van der Waals surface area contributed by atoms with Gasteiger partial charge in [0.15, 0.2) is 0 Å². The Morgan fingerprint density at radius 1 is 1.24 bits per heavy atom. The van der Waals surface area contributed by atoms with E-state index in [0.717, 1.165) is 31.6 Å². The van der Waals surface area contributed by atoms with E-state index >= 15 is 0 Å². The number of aliphatic hydroxyl groups is 1. The first-order valence-corrected chi connectivity index (χ1v) is 8.95. The maximum Gasteiger partial charge on any atom is 0.253 e. The molecular weight excluding hydrogens is 312 g/mol. The van der Waals surface area contributed by atoms with Gasteiger partial charge in [0.1, 0.15) is 0 Å². The number of aliphatic hydroxyl groups excluding tert-OH is 1. The highest BCUT2D eigenvalue weighted by Crippen LogP contribution is 2.20. The topological polar surface area (TPSA) is 52.6 Å². The van der Waals surface area contributed by atoms with Gasteiger partial charge in [-0.1, -0.05) is 35.9 Å². The molecule has 0 spiro atoms. The normalized spacial score (nSPS) is 17.4. The summed E-state index contributed by atoms with van der Waals surface area (Å²) in [4.78, 5) is 14.6. The molecule has 132 valence electrons. The van der Waals surface area contributed by atoms with E-state index in [-0.39, 0.29) is 18.4 Å². The Kier molecular flexibility index (Phi) is 5.71. The van der Waals surface area contributed by atoms with Gasteiger partial charge in [-0.25, -0.2) is 0 Å². The standard InChI is InChI=1S/C21H26N2O2/c1-16-5-2-6-17(11-16)13-22-20-9-3-8-19(12-20)21(25)23-10-4-7-18(14-23)15-24/h2-3,5-6,8-9,11-12,18,22,24H,4,7,10,13-15H2,1H3. The minimum Gasteiger partial charge on any atom is -0.396 e. The Morgan fingerprint density at radius 3 is 2.88 bits per heavy atom. The molecule has 0 saturated carbocycles. The second-order valence-corrected chi connectivity index (χ2v) is 6.87.